The van der Waals surface area contributed by atoms with E-state index in [4.69, 9.17) is 13.9 Å². The van der Waals surface area contributed by atoms with Crippen LogP contribution in [0.4, 0.5) is 11.5 Å². The Morgan fingerprint density at radius 2 is 1.96 bits per heavy atom. The largest absolute Gasteiger partial charge is 0.481 e. The van der Waals surface area contributed by atoms with E-state index in [-0.39, 0.29) is 22.6 Å². The molecule has 160 valence electrons. The van der Waals surface area contributed by atoms with Gasteiger partial charge >= 0.3 is 5.69 Å². The van der Waals surface area contributed by atoms with Gasteiger partial charge in [0.05, 0.1) is 31.3 Å². The third-order valence-corrected chi connectivity index (χ3v) is 9.51. The number of ether oxygens (including phenoxy) is 2. The van der Waals surface area contributed by atoms with Crippen molar-refractivity contribution in [2.75, 3.05) is 32.2 Å². The molecule has 0 spiro atoms. The Morgan fingerprint density at radius 1 is 1.29 bits per heavy atom. The van der Waals surface area contributed by atoms with E-state index in [1.807, 2.05) is 0 Å². The van der Waals surface area contributed by atoms with E-state index in [1.54, 1.807) is 0 Å². The maximum Gasteiger partial charge on any atom is 0.311 e. The summed E-state index contributed by atoms with van der Waals surface area (Å²) in [6.45, 7) is 14.4. The van der Waals surface area contributed by atoms with Crippen LogP contribution in [0.2, 0.25) is 18.1 Å². The number of nitrogens with one attached hydrogen (secondary N) is 1. The second-order valence-corrected chi connectivity index (χ2v) is 13.1. The molecule has 9 heteroatoms. The molecule has 0 aromatic carbocycles. The van der Waals surface area contributed by atoms with Crippen LogP contribution in [0, 0.1) is 10.1 Å². The molecule has 1 aromatic rings. The van der Waals surface area contributed by atoms with Crippen LogP contribution in [0.25, 0.3) is 0 Å². The van der Waals surface area contributed by atoms with Crippen molar-refractivity contribution in [2.24, 2.45) is 0 Å². The van der Waals surface area contributed by atoms with Crippen LogP contribution in [0.5, 0.6) is 5.88 Å². The molecule has 0 saturated carbocycles. The van der Waals surface area contributed by atoms with Crippen molar-refractivity contribution in [1.82, 2.24) is 4.98 Å². The Kier molecular flexibility index (Phi) is 9.32. The van der Waals surface area contributed by atoms with Gasteiger partial charge in [-0.3, -0.25) is 10.1 Å². The fourth-order valence-corrected chi connectivity index (χ4v) is 3.17. The quantitative estimate of drug-likeness (QED) is 0.231. The number of pyridine rings is 1. The van der Waals surface area contributed by atoms with Crippen LogP contribution in [0.15, 0.2) is 12.1 Å². The molecule has 0 saturated heterocycles. The number of hydrogen-bond acceptors (Lipinski definition) is 7. The highest BCUT2D eigenvalue weighted by molar-refractivity contribution is 6.74. The van der Waals surface area contributed by atoms with E-state index in [2.05, 4.69) is 51.1 Å². The van der Waals surface area contributed by atoms with E-state index in [9.17, 15) is 10.1 Å². The van der Waals surface area contributed by atoms with Gasteiger partial charge in [-0.1, -0.05) is 34.1 Å². The summed E-state index contributed by atoms with van der Waals surface area (Å²) in [5.41, 5.74) is -0.105. The maximum absolute atomic E-state index is 11.4. The van der Waals surface area contributed by atoms with Crippen molar-refractivity contribution in [1.29, 1.82) is 0 Å². The molecule has 1 N–H and O–H groups in total. The lowest BCUT2D eigenvalue weighted by atomic mass is 10.2. The lowest BCUT2D eigenvalue weighted by molar-refractivity contribution is -0.384. The molecule has 8 nitrogen and oxygen atoms in total. The first-order valence-electron chi connectivity index (χ1n) is 9.69. The average Bonchev–Trinajstić information content (AvgIpc) is 2.61. The predicted molar refractivity (Wildman–Crippen MR) is 114 cm³/mol. The standard InChI is InChI=1S/C19H35N3O5Si/c1-8-9-12-26-13-15(14-27-28(6,7)19(2,3)4)20-18-16(22(23)24)10-11-17(21-18)25-5/h10-11,15H,8-9,12-14H2,1-7H3,(H,20,21)/t15-/m0/s1. The summed E-state index contributed by atoms with van der Waals surface area (Å²) >= 11 is 0. The van der Waals surface area contributed by atoms with Gasteiger partial charge in [0, 0.05) is 18.7 Å². The Hall–Kier alpha value is -1.71. The summed E-state index contributed by atoms with van der Waals surface area (Å²) in [4.78, 5) is 15.1. The highest BCUT2D eigenvalue weighted by Crippen LogP contribution is 2.36. The van der Waals surface area contributed by atoms with Gasteiger partial charge in [-0.25, -0.2) is 0 Å². The minimum absolute atomic E-state index is 0.0703. The molecule has 1 rings (SSSR count). The first kappa shape index (κ1) is 24.3. The van der Waals surface area contributed by atoms with Crippen LogP contribution < -0.4 is 10.1 Å². The van der Waals surface area contributed by atoms with Crippen molar-refractivity contribution < 1.29 is 18.8 Å². The molecule has 0 aliphatic carbocycles. The molecule has 0 unspecified atom stereocenters. The van der Waals surface area contributed by atoms with Gasteiger partial charge in [-0.2, -0.15) is 4.98 Å². The number of anilines is 1. The number of rotatable bonds is 12. The molecule has 1 atom stereocenters. The number of nitro groups is 1. The van der Waals surface area contributed by atoms with Gasteiger partial charge in [-0.15, -0.1) is 0 Å². The van der Waals surface area contributed by atoms with Gasteiger partial charge < -0.3 is 19.2 Å². The van der Waals surface area contributed by atoms with Gasteiger partial charge in [0.2, 0.25) is 11.7 Å². The number of methoxy groups -OCH3 is 1. The van der Waals surface area contributed by atoms with Gasteiger partial charge in [-0.05, 0) is 24.6 Å². The molecular weight excluding hydrogens is 378 g/mol. The molecule has 1 heterocycles. The molecule has 28 heavy (non-hydrogen) atoms. The first-order chi connectivity index (χ1) is 13.0. The van der Waals surface area contributed by atoms with Crippen LogP contribution in [-0.2, 0) is 9.16 Å². The number of aromatic nitrogens is 1. The first-order valence-corrected chi connectivity index (χ1v) is 12.6. The van der Waals surface area contributed by atoms with E-state index < -0.39 is 13.2 Å². The molecule has 0 amide bonds. The molecular formula is C19H35N3O5Si. The molecule has 1 aromatic heterocycles. The van der Waals surface area contributed by atoms with Crippen molar-refractivity contribution in [2.45, 2.75) is 64.7 Å². The van der Waals surface area contributed by atoms with Crippen molar-refractivity contribution in [3.63, 3.8) is 0 Å². The highest BCUT2D eigenvalue weighted by Gasteiger charge is 2.37. The number of nitrogens with zero attached hydrogens (tertiary/aromatic N) is 2. The summed E-state index contributed by atoms with van der Waals surface area (Å²) in [5, 5.41) is 14.6. The third kappa shape index (κ3) is 7.37. The van der Waals surface area contributed by atoms with E-state index in [0.29, 0.717) is 25.7 Å². The van der Waals surface area contributed by atoms with E-state index in [0.717, 1.165) is 12.8 Å². The average molecular weight is 414 g/mol. The minimum Gasteiger partial charge on any atom is -0.481 e. The van der Waals surface area contributed by atoms with Crippen LogP contribution >= 0.6 is 0 Å². The lowest BCUT2D eigenvalue weighted by Gasteiger charge is -2.37. The molecule has 0 radical (unpaired) electrons. The number of hydrogen-bond donors (Lipinski definition) is 1. The maximum atomic E-state index is 11.4. The van der Waals surface area contributed by atoms with Crippen molar-refractivity contribution >= 4 is 19.8 Å². The van der Waals surface area contributed by atoms with E-state index >= 15 is 0 Å². The smallest absolute Gasteiger partial charge is 0.311 e. The summed E-state index contributed by atoms with van der Waals surface area (Å²) < 4.78 is 17.2. The second-order valence-electron chi connectivity index (χ2n) is 8.32. The second kappa shape index (κ2) is 10.7. The highest BCUT2D eigenvalue weighted by atomic mass is 28.4. The Balaban J connectivity index is 2.97. The predicted octanol–water partition coefficient (Wildman–Crippen LogP) is 4.62. The van der Waals surface area contributed by atoms with E-state index in [1.165, 1.54) is 19.2 Å². The molecule has 0 fully saturated rings. The monoisotopic (exact) mass is 413 g/mol. The van der Waals surface area contributed by atoms with Crippen LogP contribution in [-0.4, -0.2) is 51.2 Å². The molecule has 0 aliphatic heterocycles. The van der Waals surface area contributed by atoms with Crippen LogP contribution in [0.1, 0.15) is 40.5 Å². The molecule has 0 bridgehead atoms. The SMILES string of the molecule is CCCCOC[C@@H](CO[Si](C)(C)C(C)(C)C)Nc1nc(OC)ccc1[N+](=O)[O-]. The topological polar surface area (TPSA) is 95.8 Å². The number of unbranched alkanes of at least 4 members (excludes halogenated alkanes) is 1. The Labute approximate surface area is 169 Å². The third-order valence-electron chi connectivity index (χ3n) is 5.01. The zero-order chi connectivity index (χ0) is 21.4. The zero-order valence-corrected chi connectivity index (χ0v) is 19.2. The van der Waals surface area contributed by atoms with Crippen molar-refractivity contribution in [3.8, 4) is 5.88 Å². The lowest BCUT2D eigenvalue weighted by Crippen LogP contribution is -2.44. The van der Waals surface area contributed by atoms with Gasteiger partial charge in [0.15, 0.2) is 8.32 Å². The normalized spacial score (nSPS) is 13.2. The summed E-state index contributed by atoms with van der Waals surface area (Å²) in [5.74, 6) is 0.469. The fraction of sp³-hybridized carbons (Fsp3) is 0.737. The van der Waals surface area contributed by atoms with Crippen molar-refractivity contribution in [3.05, 3.63) is 22.2 Å². The minimum atomic E-state index is -1.97. The molecule has 0 aliphatic rings. The Morgan fingerprint density at radius 3 is 2.50 bits per heavy atom. The summed E-state index contributed by atoms with van der Waals surface area (Å²) in [6.07, 6.45) is 2.01. The van der Waals surface area contributed by atoms with Crippen LogP contribution in [0.3, 0.4) is 0 Å². The van der Waals surface area contributed by atoms with Gasteiger partial charge in [0.25, 0.3) is 0 Å². The fourth-order valence-electron chi connectivity index (χ4n) is 2.12. The summed E-state index contributed by atoms with van der Waals surface area (Å²) in [7, 11) is -0.491. The Bertz CT molecular complexity index is 634. The van der Waals surface area contributed by atoms with Gasteiger partial charge in [0.1, 0.15) is 0 Å². The summed E-state index contributed by atoms with van der Waals surface area (Å²) in [6, 6.07) is 2.60. The zero-order valence-electron chi connectivity index (χ0n) is 18.2.